The second kappa shape index (κ2) is 10.3. The molecule has 3 nitrogen and oxygen atoms in total. The Morgan fingerprint density at radius 3 is 2.38 bits per heavy atom. The van der Waals surface area contributed by atoms with Gasteiger partial charge in [-0.25, -0.2) is 13.2 Å². The second-order valence-electron chi connectivity index (χ2n) is 9.41. The number of pyridine rings is 1. The molecule has 0 aliphatic heterocycles. The molecule has 180 valence electrons. The van der Waals surface area contributed by atoms with E-state index in [4.69, 9.17) is 4.98 Å². The molecule has 1 heterocycles. The zero-order valence-corrected chi connectivity index (χ0v) is 19.8. The van der Waals surface area contributed by atoms with E-state index in [1.165, 1.54) is 18.9 Å². The van der Waals surface area contributed by atoms with E-state index < -0.39 is 22.8 Å². The zero-order chi connectivity index (χ0) is 24.2. The molecule has 1 saturated carbocycles. The predicted molar refractivity (Wildman–Crippen MR) is 129 cm³/mol. The van der Waals surface area contributed by atoms with Gasteiger partial charge in [-0.05, 0) is 54.7 Å². The normalized spacial score (nSPS) is 16.5. The fourth-order valence-electron chi connectivity index (χ4n) is 4.82. The molecular formula is C28H32F3N3. The Balaban J connectivity index is 1.83. The predicted octanol–water partition coefficient (Wildman–Crippen LogP) is 6.21. The Morgan fingerprint density at radius 1 is 1.00 bits per heavy atom. The van der Waals surface area contributed by atoms with Crippen molar-refractivity contribution in [3.63, 3.8) is 0 Å². The number of benzene rings is 2. The van der Waals surface area contributed by atoms with Gasteiger partial charge < -0.3 is 5.32 Å². The summed E-state index contributed by atoms with van der Waals surface area (Å²) >= 11 is 0. The fourth-order valence-corrected chi connectivity index (χ4v) is 4.82. The number of hydrogen-bond donors (Lipinski definition) is 2. The van der Waals surface area contributed by atoms with E-state index >= 15 is 0 Å². The molecule has 0 radical (unpaired) electrons. The van der Waals surface area contributed by atoms with Gasteiger partial charge in [-0.1, -0.05) is 55.3 Å². The second-order valence-corrected chi connectivity index (χ2v) is 9.41. The third kappa shape index (κ3) is 5.50. The summed E-state index contributed by atoms with van der Waals surface area (Å²) in [5.74, 6) is -4.22. The largest absolute Gasteiger partial charge is 0.302 e. The van der Waals surface area contributed by atoms with E-state index in [1.807, 2.05) is 49.4 Å². The monoisotopic (exact) mass is 467 g/mol. The van der Waals surface area contributed by atoms with Crippen LogP contribution in [-0.2, 0) is 17.9 Å². The van der Waals surface area contributed by atoms with Crippen molar-refractivity contribution in [2.45, 2.75) is 63.5 Å². The first-order valence-corrected chi connectivity index (χ1v) is 11.9. The van der Waals surface area contributed by atoms with Crippen molar-refractivity contribution in [1.29, 1.82) is 0 Å². The van der Waals surface area contributed by atoms with Crippen LogP contribution in [0.5, 0.6) is 0 Å². The molecule has 1 fully saturated rings. The van der Waals surface area contributed by atoms with Crippen LogP contribution in [0.2, 0.25) is 0 Å². The van der Waals surface area contributed by atoms with Crippen molar-refractivity contribution in [2.75, 3.05) is 6.67 Å². The van der Waals surface area contributed by atoms with Crippen LogP contribution in [0.15, 0.2) is 66.9 Å². The van der Waals surface area contributed by atoms with Crippen molar-refractivity contribution in [3.05, 3.63) is 101 Å². The quantitative estimate of drug-likeness (QED) is 0.368. The van der Waals surface area contributed by atoms with Crippen LogP contribution in [0.1, 0.15) is 60.6 Å². The van der Waals surface area contributed by atoms with Gasteiger partial charge in [0.25, 0.3) is 5.92 Å². The van der Waals surface area contributed by atoms with Crippen LogP contribution in [0.25, 0.3) is 0 Å². The highest BCUT2D eigenvalue weighted by molar-refractivity contribution is 5.41. The number of aryl methyl sites for hydroxylation is 1. The molecule has 4 rings (SSSR count). The lowest BCUT2D eigenvalue weighted by Crippen LogP contribution is -2.51. The molecule has 0 bridgehead atoms. The smallest absolute Gasteiger partial charge is 0.273 e. The molecule has 3 aromatic rings. The topological polar surface area (TPSA) is 37.0 Å². The lowest BCUT2D eigenvalue weighted by Gasteiger charge is -2.37. The summed E-state index contributed by atoms with van der Waals surface area (Å²) in [6.45, 7) is 3.16. The third-order valence-corrected chi connectivity index (χ3v) is 6.73. The summed E-state index contributed by atoms with van der Waals surface area (Å²) in [6.07, 6.45) is 6.91. The summed E-state index contributed by atoms with van der Waals surface area (Å²) in [7, 11) is 0. The summed E-state index contributed by atoms with van der Waals surface area (Å²) in [5.41, 5.74) is 1.73. The molecule has 1 unspecified atom stereocenters. The molecule has 1 aliphatic rings. The molecule has 6 heteroatoms. The molecule has 0 saturated heterocycles. The Kier molecular flexibility index (Phi) is 7.39. The molecule has 0 amide bonds. The van der Waals surface area contributed by atoms with Gasteiger partial charge in [-0.15, -0.1) is 0 Å². The molecule has 2 aromatic carbocycles. The number of nitrogens with zero attached hydrogens (tertiary/aromatic N) is 1. The Bertz CT molecular complexity index is 1070. The van der Waals surface area contributed by atoms with Crippen molar-refractivity contribution in [2.24, 2.45) is 0 Å². The summed E-state index contributed by atoms with van der Waals surface area (Å²) in [4.78, 5) is 4.72. The van der Waals surface area contributed by atoms with E-state index in [1.54, 1.807) is 12.3 Å². The summed E-state index contributed by atoms with van der Waals surface area (Å²) in [6, 6.07) is 18.2. The van der Waals surface area contributed by atoms with Crippen molar-refractivity contribution < 1.29 is 13.2 Å². The van der Waals surface area contributed by atoms with Gasteiger partial charge >= 0.3 is 0 Å². The van der Waals surface area contributed by atoms with Crippen LogP contribution in [0.3, 0.4) is 0 Å². The third-order valence-electron chi connectivity index (χ3n) is 6.73. The standard InChI is InChI=1S/C28H32F3N3/c1-20-12-15-26(32-18-20)28(17-21-8-4-3-5-9-21,34-19-33-23-10-6-7-11-23)22-13-14-25(29)24(16-22)27(2,30)31/h3-5,8-9,12-16,18,23,33-34H,6-7,10-11,17,19H2,1-2H3. The lowest BCUT2D eigenvalue weighted by molar-refractivity contribution is 0.0136. The Labute approximate surface area is 199 Å². The number of nitrogens with one attached hydrogen (secondary N) is 2. The fraction of sp³-hybridized carbons (Fsp3) is 0.393. The first-order valence-electron chi connectivity index (χ1n) is 11.9. The van der Waals surface area contributed by atoms with Crippen LogP contribution in [0.4, 0.5) is 13.2 Å². The van der Waals surface area contributed by atoms with E-state index in [9.17, 15) is 13.2 Å². The average Bonchev–Trinajstić information content (AvgIpc) is 3.33. The number of hydrogen-bond acceptors (Lipinski definition) is 3. The zero-order valence-electron chi connectivity index (χ0n) is 19.8. The molecule has 1 aliphatic carbocycles. The molecule has 2 N–H and O–H groups in total. The molecule has 34 heavy (non-hydrogen) atoms. The summed E-state index contributed by atoms with van der Waals surface area (Å²) < 4.78 is 43.1. The van der Waals surface area contributed by atoms with Gasteiger partial charge in [0.15, 0.2) is 0 Å². The molecular weight excluding hydrogens is 435 g/mol. The maximum absolute atomic E-state index is 14.5. The highest BCUT2D eigenvalue weighted by atomic mass is 19.3. The number of aromatic nitrogens is 1. The van der Waals surface area contributed by atoms with Gasteiger partial charge in [0.2, 0.25) is 0 Å². The van der Waals surface area contributed by atoms with Gasteiger partial charge in [0.05, 0.1) is 16.8 Å². The van der Waals surface area contributed by atoms with Crippen LogP contribution < -0.4 is 10.6 Å². The van der Waals surface area contributed by atoms with E-state index in [0.717, 1.165) is 37.0 Å². The van der Waals surface area contributed by atoms with Crippen molar-refractivity contribution in [1.82, 2.24) is 15.6 Å². The SMILES string of the molecule is Cc1ccc(C(Cc2ccccc2)(NCNC2CCCC2)c2ccc(F)c(C(C)(F)F)c2)nc1. The molecule has 0 spiro atoms. The number of halogens is 3. The highest BCUT2D eigenvalue weighted by Gasteiger charge is 2.38. The van der Waals surface area contributed by atoms with Crippen LogP contribution in [0, 0.1) is 12.7 Å². The molecule has 1 atom stereocenters. The first-order chi connectivity index (χ1) is 16.3. The van der Waals surface area contributed by atoms with Crippen molar-refractivity contribution >= 4 is 0 Å². The van der Waals surface area contributed by atoms with E-state index in [2.05, 4.69) is 10.6 Å². The lowest BCUT2D eigenvalue weighted by atomic mass is 9.79. The minimum absolute atomic E-state index is 0.427. The van der Waals surface area contributed by atoms with E-state index in [0.29, 0.717) is 30.4 Å². The maximum Gasteiger partial charge on any atom is 0.273 e. The van der Waals surface area contributed by atoms with Gasteiger partial charge in [0.1, 0.15) is 5.82 Å². The highest BCUT2D eigenvalue weighted by Crippen LogP contribution is 2.37. The molecule has 1 aromatic heterocycles. The van der Waals surface area contributed by atoms with Crippen LogP contribution in [-0.4, -0.2) is 17.7 Å². The first kappa shape index (κ1) is 24.4. The van der Waals surface area contributed by atoms with Crippen LogP contribution >= 0.6 is 0 Å². The van der Waals surface area contributed by atoms with Crippen molar-refractivity contribution in [3.8, 4) is 0 Å². The Morgan fingerprint density at radius 2 is 1.74 bits per heavy atom. The Hall–Kier alpha value is -2.70. The number of alkyl halides is 2. The minimum Gasteiger partial charge on any atom is -0.302 e. The number of rotatable bonds is 9. The summed E-state index contributed by atoms with van der Waals surface area (Å²) in [5, 5.41) is 7.19. The average molecular weight is 468 g/mol. The van der Waals surface area contributed by atoms with E-state index in [-0.39, 0.29) is 0 Å². The van der Waals surface area contributed by atoms with Gasteiger partial charge in [-0.2, -0.15) is 0 Å². The maximum atomic E-state index is 14.5. The van der Waals surface area contributed by atoms with Gasteiger partial charge in [0, 0.05) is 32.3 Å². The minimum atomic E-state index is -3.30. The van der Waals surface area contributed by atoms with Gasteiger partial charge in [-0.3, -0.25) is 10.3 Å².